The molecule has 150 valence electrons. The number of urea groups is 1. The van der Waals surface area contributed by atoms with Crippen LogP contribution in [-0.4, -0.2) is 90.5 Å². The number of carbonyl (C=O) groups is 2. The Balaban J connectivity index is 1.21. The van der Waals surface area contributed by atoms with E-state index in [0.29, 0.717) is 45.1 Å². The van der Waals surface area contributed by atoms with Gasteiger partial charge in [0.25, 0.3) is 0 Å². The zero-order valence-electron chi connectivity index (χ0n) is 15.6. The number of hydrogen-bond acceptors (Lipinski definition) is 6. The first-order valence-electron chi connectivity index (χ1n) is 9.20. The average Bonchev–Trinajstić information content (AvgIpc) is 3.17. The van der Waals surface area contributed by atoms with E-state index in [-0.39, 0.29) is 24.3 Å². The van der Waals surface area contributed by atoms with Gasteiger partial charge in [-0.1, -0.05) is 6.07 Å². The number of para-hydroxylation sites is 1. The summed E-state index contributed by atoms with van der Waals surface area (Å²) in [5.74, 6) is 0.710. The number of rotatable bonds is 4. The molecule has 10 heteroatoms. The molecule has 1 unspecified atom stereocenters. The highest BCUT2D eigenvalue weighted by Gasteiger charge is 2.33. The average molecular weight is 389 g/mol. The first-order valence-corrected chi connectivity index (χ1v) is 9.20. The van der Waals surface area contributed by atoms with E-state index >= 15 is 0 Å². The summed E-state index contributed by atoms with van der Waals surface area (Å²) in [6.07, 6.45) is 0.942. The van der Waals surface area contributed by atoms with Crippen LogP contribution >= 0.6 is 0 Å². The molecule has 10 nitrogen and oxygen atoms in total. The molecule has 0 spiro atoms. The standard InChI is InChI=1S/C18H23N5O5/c1-26-18(25)22-5-6-27-12(8-22)7-19-17(24)23-9-13(10-23)28-15-4-2-3-14-16(15)21-11-20-14/h2-4,11-13H,5-10H2,1H3,(H,19,24)(H,20,21). The number of aromatic amines is 1. The summed E-state index contributed by atoms with van der Waals surface area (Å²) >= 11 is 0. The van der Waals surface area contributed by atoms with Crippen LogP contribution < -0.4 is 10.1 Å². The second-order valence-corrected chi connectivity index (χ2v) is 6.79. The molecule has 1 aromatic carbocycles. The van der Waals surface area contributed by atoms with Crippen LogP contribution in [0.15, 0.2) is 24.5 Å². The monoisotopic (exact) mass is 389 g/mol. The van der Waals surface area contributed by atoms with Crippen LogP contribution in [0.5, 0.6) is 5.75 Å². The predicted molar refractivity (Wildman–Crippen MR) is 99.2 cm³/mol. The van der Waals surface area contributed by atoms with Gasteiger partial charge >= 0.3 is 12.1 Å². The number of H-pyrrole nitrogens is 1. The lowest BCUT2D eigenvalue weighted by Gasteiger charge is -2.39. The van der Waals surface area contributed by atoms with E-state index in [1.807, 2.05) is 18.2 Å². The largest absolute Gasteiger partial charge is 0.484 e. The van der Waals surface area contributed by atoms with Gasteiger partial charge in [0.2, 0.25) is 0 Å². The van der Waals surface area contributed by atoms with Crippen molar-refractivity contribution >= 4 is 23.2 Å². The van der Waals surface area contributed by atoms with Crippen molar-refractivity contribution in [2.24, 2.45) is 0 Å². The number of benzene rings is 1. The molecule has 28 heavy (non-hydrogen) atoms. The Morgan fingerprint density at radius 2 is 2.18 bits per heavy atom. The fraction of sp³-hybridized carbons (Fsp3) is 0.500. The normalized spacial score (nSPS) is 20.0. The molecule has 2 fully saturated rings. The van der Waals surface area contributed by atoms with Crippen LogP contribution in [-0.2, 0) is 9.47 Å². The SMILES string of the molecule is COC(=O)N1CCOC(CNC(=O)N2CC(Oc3cccc4[nH]cnc34)C2)C1. The van der Waals surface area contributed by atoms with Gasteiger partial charge < -0.3 is 34.3 Å². The molecule has 3 amide bonds. The number of amides is 3. The Morgan fingerprint density at radius 1 is 1.32 bits per heavy atom. The Kier molecular flexibility index (Phi) is 5.20. The lowest BCUT2D eigenvalue weighted by Crippen LogP contribution is -2.60. The van der Waals surface area contributed by atoms with Crippen molar-refractivity contribution in [3.8, 4) is 5.75 Å². The van der Waals surface area contributed by atoms with E-state index in [4.69, 9.17) is 14.2 Å². The van der Waals surface area contributed by atoms with Gasteiger partial charge in [0, 0.05) is 13.1 Å². The number of morpholine rings is 1. The molecule has 0 aliphatic carbocycles. The van der Waals surface area contributed by atoms with Crippen molar-refractivity contribution in [3.05, 3.63) is 24.5 Å². The number of nitrogens with zero attached hydrogens (tertiary/aromatic N) is 3. The molecular formula is C18H23N5O5. The molecule has 1 atom stereocenters. The van der Waals surface area contributed by atoms with Crippen molar-refractivity contribution in [1.82, 2.24) is 25.1 Å². The third-order valence-electron chi connectivity index (χ3n) is 4.89. The number of nitrogens with one attached hydrogen (secondary N) is 2. The van der Waals surface area contributed by atoms with Gasteiger partial charge in [0.05, 0.1) is 51.3 Å². The fourth-order valence-corrected chi connectivity index (χ4v) is 3.34. The second kappa shape index (κ2) is 7.93. The summed E-state index contributed by atoms with van der Waals surface area (Å²) in [5.41, 5.74) is 1.70. The molecule has 4 rings (SSSR count). The van der Waals surface area contributed by atoms with Crippen molar-refractivity contribution < 1.29 is 23.8 Å². The second-order valence-electron chi connectivity index (χ2n) is 6.79. The summed E-state index contributed by atoms with van der Waals surface area (Å²) in [7, 11) is 1.35. The molecule has 0 bridgehead atoms. The van der Waals surface area contributed by atoms with Crippen molar-refractivity contribution in [3.63, 3.8) is 0 Å². The summed E-state index contributed by atoms with van der Waals surface area (Å²) in [6.45, 7) is 2.66. The maximum atomic E-state index is 12.3. The number of imidazole rings is 1. The third kappa shape index (κ3) is 3.81. The first kappa shape index (κ1) is 18.4. The molecule has 2 saturated heterocycles. The summed E-state index contributed by atoms with van der Waals surface area (Å²) < 4.78 is 16.3. The van der Waals surface area contributed by atoms with E-state index in [2.05, 4.69) is 15.3 Å². The minimum atomic E-state index is -0.380. The van der Waals surface area contributed by atoms with Crippen LogP contribution in [0.2, 0.25) is 0 Å². The Hall–Kier alpha value is -3.01. The van der Waals surface area contributed by atoms with Crippen LogP contribution in [0.4, 0.5) is 9.59 Å². The van der Waals surface area contributed by atoms with Gasteiger partial charge in [-0.3, -0.25) is 0 Å². The molecule has 1 aromatic heterocycles. The fourth-order valence-electron chi connectivity index (χ4n) is 3.34. The molecule has 2 aliphatic rings. The number of ether oxygens (including phenoxy) is 3. The van der Waals surface area contributed by atoms with Crippen molar-refractivity contribution in [2.45, 2.75) is 12.2 Å². The molecule has 0 saturated carbocycles. The molecule has 2 aliphatic heterocycles. The zero-order valence-corrected chi connectivity index (χ0v) is 15.6. The number of hydrogen-bond donors (Lipinski definition) is 2. The Labute approximate surface area is 161 Å². The predicted octanol–water partition coefficient (Wildman–Crippen LogP) is 0.803. The number of aromatic nitrogens is 2. The molecule has 0 radical (unpaired) electrons. The van der Waals surface area contributed by atoms with Gasteiger partial charge in [-0.15, -0.1) is 0 Å². The maximum absolute atomic E-state index is 12.3. The third-order valence-corrected chi connectivity index (χ3v) is 4.89. The smallest absolute Gasteiger partial charge is 0.409 e. The van der Waals surface area contributed by atoms with Crippen LogP contribution in [0.25, 0.3) is 11.0 Å². The van der Waals surface area contributed by atoms with E-state index < -0.39 is 0 Å². The van der Waals surface area contributed by atoms with E-state index in [1.165, 1.54) is 7.11 Å². The topological polar surface area (TPSA) is 109 Å². The van der Waals surface area contributed by atoms with E-state index in [0.717, 1.165) is 11.0 Å². The number of methoxy groups -OCH3 is 1. The number of carbonyl (C=O) groups excluding carboxylic acids is 2. The Bertz CT molecular complexity index is 850. The zero-order chi connectivity index (χ0) is 19.5. The highest BCUT2D eigenvalue weighted by molar-refractivity contribution is 5.81. The highest BCUT2D eigenvalue weighted by atomic mass is 16.5. The number of likely N-dealkylation sites (tertiary alicyclic amines) is 1. The summed E-state index contributed by atoms with van der Waals surface area (Å²) in [4.78, 5) is 34.5. The van der Waals surface area contributed by atoms with Crippen LogP contribution in [0.3, 0.4) is 0 Å². The lowest BCUT2D eigenvalue weighted by atomic mass is 10.2. The summed E-state index contributed by atoms with van der Waals surface area (Å²) in [5, 5.41) is 2.85. The van der Waals surface area contributed by atoms with Crippen LogP contribution in [0.1, 0.15) is 0 Å². The molecular weight excluding hydrogens is 366 g/mol. The van der Waals surface area contributed by atoms with Gasteiger partial charge in [-0.25, -0.2) is 14.6 Å². The first-order chi connectivity index (χ1) is 13.6. The van der Waals surface area contributed by atoms with Gasteiger partial charge in [-0.05, 0) is 12.1 Å². The van der Waals surface area contributed by atoms with Gasteiger partial charge in [-0.2, -0.15) is 0 Å². The minimum absolute atomic E-state index is 0.0613. The maximum Gasteiger partial charge on any atom is 0.409 e. The Morgan fingerprint density at radius 3 is 3.00 bits per heavy atom. The van der Waals surface area contributed by atoms with Crippen molar-refractivity contribution in [1.29, 1.82) is 0 Å². The lowest BCUT2D eigenvalue weighted by molar-refractivity contribution is -0.0234. The molecule has 3 heterocycles. The van der Waals surface area contributed by atoms with E-state index in [1.54, 1.807) is 16.1 Å². The number of fused-ring (bicyclic) bond motifs is 1. The molecule has 2 aromatic rings. The van der Waals surface area contributed by atoms with Crippen LogP contribution in [0, 0.1) is 0 Å². The summed E-state index contributed by atoms with van der Waals surface area (Å²) in [6, 6.07) is 5.54. The van der Waals surface area contributed by atoms with Gasteiger partial charge in [0.15, 0.2) is 0 Å². The minimum Gasteiger partial charge on any atom is -0.484 e. The highest BCUT2D eigenvalue weighted by Crippen LogP contribution is 2.25. The van der Waals surface area contributed by atoms with E-state index in [9.17, 15) is 9.59 Å². The van der Waals surface area contributed by atoms with Gasteiger partial charge in [0.1, 0.15) is 17.4 Å². The quantitative estimate of drug-likeness (QED) is 0.801. The van der Waals surface area contributed by atoms with Crippen molar-refractivity contribution in [2.75, 3.05) is 46.4 Å². The molecule has 2 N–H and O–H groups in total.